The highest BCUT2D eigenvalue weighted by Crippen LogP contribution is 2.23. The van der Waals surface area contributed by atoms with Crippen LogP contribution in [-0.2, 0) is 11.3 Å². The van der Waals surface area contributed by atoms with E-state index in [9.17, 15) is 19.5 Å². The molecule has 0 saturated heterocycles. The minimum Gasteiger partial charge on any atom is -0.543 e. The number of hydrogen-bond acceptors (Lipinski definition) is 6. The minimum absolute atomic E-state index is 0.141. The third-order valence-corrected chi connectivity index (χ3v) is 4.45. The molecule has 0 unspecified atom stereocenters. The molecule has 31 heavy (non-hydrogen) atoms. The topological polar surface area (TPSA) is 113 Å². The van der Waals surface area contributed by atoms with Gasteiger partial charge in [0.05, 0.1) is 11.4 Å². The number of aromatic carboxylic acids is 1. The van der Waals surface area contributed by atoms with Crippen LogP contribution in [0.2, 0.25) is 0 Å². The van der Waals surface area contributed by atoms with E-state index in [1.165, 1.54) is 12.1 Å². The van der Waals surface area contributed by atoms with Gasteiger partial charge in [0.25, 0.3) is 5.56 Å². The zero-order chi connectivity index (χ0) is 21.8. The smallest absolute Gasteiger partial charge is 0.275 e. The number of anilines is 1. The van der Waals surface area contributed by atoms with Crippen LogP contribution in [0.25, 0.3) is 10.8 Å². The summed E-state index contributed by atoms with van der Waals surface area (Å²) in [5, 5.41) is 18.2. The molecular formula is C23H16N3O5-. The number of aromatic nitrogens is 2. The van der Waals surface area contributed by atoms with Gasteiger partial charge in [0, 0.05) is 17.1 Å². The van der Waals surface area contributed by atoms with Gasteiger partial charge in [-0.15, -0.1) is 0 Å². The van der Waals surface area contributed by atoms with Gasteiger partial charge < -0.3 is 20.0 Å². The Bertz CT molecular complexity index is 1330. The molecule has 0 aliphatic rings. The van der Waals surface area contributed by atoms with Crippen molar-refractivity contribution in [2.75, 3.05) is 5.32 Å². The Kier molecular flexibility index (Phi) is 5.44. The molecule has 154 valence electrons. The first-order chi connectivity index (χ1) is 15.0. The van der Waals surface area contributed by atoms with E-state index >= 15 is 0 Å². The van der Waals surface area contributed by atoms with Gasteiger partial charge in [0.2, 0.25) is 5.91 Å². The first-order valence-corrected chi connectivity index (χ1v) is 9.35. The average Bonchev–Trinajstić information content (AvgIpc) is 2.76. The number of rotatable bonds is 6. The van der Waals surface area contributed by atoms with Crippen molar-refractivity contribution in [1.29, 1.82) is 0 Å². The van der Waals surface area contributed by atoms with Crippen LogP contribution >= 0.6 is 0 Å². The largest absolute Gasteiger partial charge is 0.543 e. The molecule has 4 aromatic rings. The Morgan fingerprint density at radius 1 is 0.903 bits per heavy atom. The summed E-state index contributed by atoms with van der Waals surface area (Å²) in [4.78, 5) is 36.6. The molecule has 0 aliphatic carbocycles. The molecule has 1 heterocycles. The fraction of sp³-hybridized carbons (Fsp3) is 0.0435. The van der Waals surface area contributed by atoms with Gasteiger partial charge in [-0.05, 0) is 30.3 Å². The van der Waals surface area contributed by atoms with Crippen LogP contribution in [-0.4, -0.2) is 21.7 Å². The number of carboxylic acid groups (broad SMARTS) is 1. The first kappa shape index (κ1) is 19.8. The number of nitrogens with zero attached hydrogens (tertiary/aromatic N) is 2. The van der Waals surface area contributed by atoms with Crippen LogP contribution in [0.1, 0.15) is 10.5 Å². The Labute approximate surface area is 176 Å². The number of benzene rings is 3. The lowest BCUT2D eigenvalue weighted by Gasteiger charge is -2.12. The number of ether oxygens (including phenoxy) is 1. The van der Waals surface area contributed by atoms with Gasteiger partial charge in [-0.2, -0.15) is 5.10 Å². The molecule has 3 aromatic carbocycles. The van der Waals surface area contributed by atoms with Crippen LogP contribution in [0.3, 0.4) is 0 Å². The molecule has 0 radical (unpaired) electrons. The highest BCUT2D eigenvalue weighted by Gasteiger charge is 2.14. The Hall–Kier alpha value is -4.46. The summed E-state index contributed by atoms with van der Waals surface area (Å²) in [5.74, 6) is -0.918. The summed E-state index contributed by atoms with van der Waals surface area (Å²) in [5.41, 5.74) is -0.523. The summed E-state index contributed by atoms with van der Waals surface area (Å²) in [6.07, 6.45) is 0. The van der Waals surface area contributed by atoms with E-state index in [2.05, 4.69) is 10.4 Å². The predicted molar refractivity (Wildman–Crippen MR) is 112 cm³/mol. The van der Waals surface area contributed by atoms with E-state index < -0.39 is 29.7 Å². The molecule has 0 aliphatic heterocycles. The normalized spacial score (nSPS) is 10.6. The molecular weight excluding hydrogens is 398 g/mol. The standard InChI is InChI=1S/C23H17N3O5/c27-20(24-15-7-6-10-17(13-15)31-16-8-2-1-3-9-16)14-26-22(28)19-12-5-4-11-18(19)21(25-26)23(29)30/h1-13H,14H2,(H,24,27)(H,29,30)/p-1. The van der Waals surface area contributed by atoms with Crippen molar-refractivity contribution in [3.63, 3.8) is 0 Å². The summed E-state index contributed by atoms with van der Waals surface area (Å²) in [7, 11) is 0. The van der Waals surface area contributed by atoms with Crippen molar-refractivity contribution < 1.29 is 19.4 Å². The molecule has 4 rings (SSSR count). The van der Waals surface area contributed by atoms with Gasteiger partial charge in [0.1, 0.15) is 23.7 Å². The number of carbonyl (C=O) groups excluding carboxylic acids is 2. The second-order valence-corrected chi connectivity index (χ2v) is 6.64. The van der Waals surface area contributed by atoms with Crippen LogP contribution in [0.15, 0.2) is 83.7 Å². The van der Waals surface area contributed by atoms with Gasteiger partial charge in [-0.3, -0.25) is 9.59 Å². The lowest BCUT2D eigenvalue weighted by Crippen LogP contribution is -2.34. The number of amides is 1. The van der Waals surface area contributed by atoms with Crippen molar-refractivity contribution in [1.82, 2.24) is 9.78 Å². The van der Waals surface area contributed by atoms with Gasteiger partial charge in [-0.25, -0.2) is 4.68 Å². The maximum atomic E-state index is 12.6. The highest BCUT2D eigenvalue weighted by atomic mass is 16.5. The number of carbonyl (C=O) groups is 2. The molecule has 8 heteroatoms. The van der Waals surface area contributed by atoms with E-state index in [4.69, 9.17) is 4.74 Å². The van der Waals surface area contributed by atoms with Crippen LogP contribution < -0.4 is 20.7 Å². The number of carboxylic acids is 1. The zero-order valence-electron chi connectivity index (χ0n) is 16.1. The zero-order valence-corrected chi connectivity index (χ0v) is 16.1. The maximum Gasteiger partial charge on any atom is 0.275 e. The molecule has 1 amide bonds. The Balaban J connectivity index is 1.55. The molecule has 0 bridgehead atoms. The lowest BCUT2D eigenvalue weighted by molar-refractivity contribution is -0.255. The number of para-hydroxylation sites is 1. The lowest BCUT2D eigenvalue weighted by atomic mass is 10.1. The number of nitrogens with one attached hydrogen (secondary N) is 1. The van der Waals surface area contributed by atoms with Crippen LogP contribution in [0, 0.1) is 0 Å². The van der Waals surface area contributed by atoms with E-state index in [0.717, 1.165) is 4.68 Å². The molecule has 0 saturated carbocycles. The van der Waals surface area contributed by atoms with Gasteiger partial charge in [-0.1, -0.05) is 42.5 Å². The maximum absolute atomic E-state index is 12.6. The summed E-state index contributed by atoms with van der Waals surface area (Å²) < 4.78 is 6.55. The average molecular weight is 414 g/mol. The predicted octanol–water partition coefficient (Wildman–Crippen LogP) is 2.19. The van der Waals surface area contributed by atoms with Gasteiger partial charge in [0.15, 0.2) is 0 Å². The van der Waals surface area contributed by atoms with Crippen molar-refractivity contribution in [3.05, 3.63) is 94.9 Å². The first-order valence-electron chi connectivity index (χ1n) is 9.35. The second kappa shape index (κ2) is 8.50. The minimum atomic E-state index is -1.53. The summed E-state index contributed by atoms with van der Waals surface area (Å²) in [6, 6.07) is 22.1. The monoisotopic (exact) mass is 414 g/mol. The van der Waals surface area contributed by atoms with E-state index in [-0.39, 0.29) is 10.8 Å². The van der Waals surface area contributed by atoms with Crippen LogP contribution in [0.5, 0.6) is 11.5 Å². The molecule has 1 aromatic heterocycles. The molecule has 0 atom stereocenters. The van der Waals surface area contributed by atoms with Crippen molar-refractivity contribution in [2.45, 2.75) is 6.54 Å². The van der Waals surface area contributed by atoms with Crippen molar-refractivity contribution in [3.8, 4) is 11.5 Å². The molecule has 1 N–H and O–H groups in total. The van der Waals surface area contributed by atoms with Crippen molar-refractivity contribution >= 4 is 28.3 Å². The fourth-order valence-electron chi connectivity index (χ4n) is 3.09. The summed E-state index contributed by atoms with van der Waals surface area (Å²) in [6.45, 7) is -0.465. The van der Waals surface area contributed by atoms with E-state index in [0.29, 0.717) is 17.2 Å². The molecule has 0 fully saturated rings. The Morgan fingerprint density at radius 3 is 2.32 bits per heavy atom. The second-order valence-electron chi connectivity index (χ2n) is 6.64. The van der Waals surface area contributed by atoms with Crippen molar-refractivity contribution in [2.24, 2.45) is 0 Å². The van der Waals surface area contributed by atoms with E-state index in [1.54, 1.807) is 48.5 Å². The fourth-order valence-corrected chi connectivity index (χ4v) is 3.09. The molecule has 0 spiro atoms. The summed E-state index contributed by atoms with van der Waals surface area (Å²) >= 11 is 0. The number of hydrogen-bond donors (Lipinski definition) is 1. The van der Waals surface area contributed by atoms with Gasteiger partial charge >= 0.3 is 0 Å². The molecule has 8 nitrogen and oxygen atoms in total. The Morgan fingerprint density at radius 2 is 1.58 bits per heavy atom. The van der Waals surface area contributed by atoms with E-state index in [1.807, 2.05) is 18.2 Å². The third kappa shape index (κ3) is 4.43. The number of fused-ring (bicyclic) bond motifs is 1. The third-order valence-electron chi connectivity index (χ3n) is 4.45. The SMILES string of the molecule is O=C(Cn1nc(C(=O)[O-])c2ccccc2c1=O)Nc1cccc(Oc2ccccc2)c1. The van der Waals surface area contributed by atoms with Crippen LogP contribution in [0.4, 0.5) is 5.69 Å². The highest BCUT2D eigenvalue weighted by molar-refractivity contribution is 6.00. The quantitative estimate of drug-likeness (QED) is 0.517.